The Morgan fingerprint density at radius 3 is 2.74 bits per heavy atom. The normalized spacial score (nSPS) is 22.1. The van der Waals surface area contributed by atoms with Gasteiger partial charge in [0.25, 0.3) is 0 Å². The van der Waals surface area contributed by atoms with Crippen LogP contribution >= 0.6 is 0 Å². The van der Waals surface area contributed by atoms with Crippen LogP contribution in [0.5, 0.6) is 0 Å². The second-order valence-electron chi connectivity index (χ2n) is 11.4. The number of hydrogen-bond acceptors (Lipinski definition) is 6. The lowest BCUT2D eigenvalue weighted by molar-refractivity contribution is -0.122. The lowest BCUT2D eigenvalue weighted by Gasteiger charge is -2.45. The number of likely N-dealkylation sites (N-methyl/N-ethyl adjacent to an activating group) is 1. The molecule has 0 spiro atoms. The van der Waals surface area contributed by atoms with Gasteiger partial charge in [0, 0.05) is 49.2 Å². The summed E-state index contributed by atoms with van der Waals surface area (Å²) >= 11 is 0. The first-order chi connectivity index (χ1) is 19.0. The second-order valence-corrected chi connectivity index (χ2v) is 11.4. The number of hydrogen-bond donors (Lipinski definition) is 3. The Kier molecular flexibility index (Phi) is 5.86. The van der Waals surface area contributed by atoms with Gasteiger partial charge in [-0.05, 0) is 63.1 Å². The van der Waals surface area contributed by atoms with Crippen molar-refractivity contribution >= 4 is 28.6 Å². The van der Waals surface area contributed by atoms with Crippen molar-refractivity contribution in [3.05, 3.63) is 54.1 Å². The molecule has 0 bridgehead atoms. The van der Waals surface area contributed by atoms with Crippen molar-refractivity contribution in [1.82, 2.24) is 34.9 Å². The summed E-state index contributed by atoms with van der Waals surface area (Å²) < 4.78 is 0. The van der Waals surface area contributed by atoms with Crippen LogP contribution in [0.1, 0.15) is 44.0 Å². The Bertz CT molecular complexity index is 1570. The highest BCUT2D eigenvalue weighted by molar-refractivity contribution is 5.96. The van der Waals surface area contributed by atoms with Crippen LogP contribution in [0.2, 0.25) is 0 Å². The van der Waals surface area contributed by atoms with Gasteiger partial charge in [-0.2, -0.15) is 5.10 Å². The van der Waals surface area contributed by atoms with Gasteiger partial charge in [0.15, 0.2) is 5.82 Å². The first-order valence-corrected chi connectivity index (χ1v) is 13.9. The Balaban J connectivity index is 1.21. The molecule has 2 fully saturated rings. The largest absolute Gasteiger partial charge is 0.338 e. The molecular weight excluding hydrogens is 488 g/mol. The van der Waals surface area contributed by atoms with Crippen molar-refractivity contribution in [1.29, 1.82) is 0 Å². The molecule has 1 atom stereocenters. The van der Waals surface area contributed by atoms with Gasteiger partial charge in [-0.3, -0.25) is 19.8 Å². The molecule has 1 aliphatic heterocycles. The molecule has 2 aliphatic carbocycles. The molecule has 7 rings (SSSR count). The number of rotatable bonds is 5. The molecule has 3 aromatic heterocycles. The van der Waals surface area contributed by atoms with Crippen LogP contribution in [-0.2, 0) is 10.3 Å². The number of carbonyl (C=O) groups is 1. The van der Waals surface area contributed by atoms with Crippen molar-refractivity contribution < 1.29 is 4.79 Å². The van der Waals surface area contributed by atoms with Crippen molar-refractivity contribution in [2.75, 3.05) is 38.5 Å². The number of carbonyl (C=O) groups excluding carboxylic acids is 1. The first kappa shape index (κ1) is 24.2. The Labute approximate surface area is 227 Å². The predicted octanol–water partition coefficient (Wildman–Crippen LogP) is 4.63. The number of amides is 1. The molecule has 3 aliphatic rings. The lowest BCUT2D eigenvalue weighted by Crippen LogP contribution is -2.54. The highest BCUT2D eigenvalue weighted by atomic mass is 16.1. The summed E-state index contributed by atoms with van der Waals surface area (Å²) in [6.45, 7) is 6.55. The number of aromatic nitrogens is 5. The molecule has 1 saturated carbocycles. The molecule has 39 heavy (non-hydrogen) atoms. The van der Waals surface area contributed by atoms with E-state index in [0.717, 1.165) is 102 Å². The maximum Gasteiger partial charge on any atom is 0.227 e. The summed E-state index contributed by atoms with van der Waals surface area (Å²) in [6, 6.07) is 8.21. The number of nitrogens with one attached hydrogen (secondary N) is 3. The fraction of sp³-hybridized carbons (Fsp3) is 0.400. The van der Waals surface area contributed by atoms with Crippen molar-refractivity contribution in [2.45, 2.75) is 38.1 Å². The van der Waals surface area contributed by atoms with E-state index in [1.54, 1.807) is 6.20 Å². The zero-order chi connectivity index (χ0) is 26.6. The van der Waals surface area contributed by atoms with Gasteiger partial charge in [-0.15, -0.1) is 0 Å². The molecule has 9 heteroatoms. The van der Waals surface area contributed by atoms with Gasteiger partial charge in [0.2, 0.25) is 5.91 Å². The van der Waals surface area contributed by atoms with E-state index in [9.17, 15) is 4.79 Å². The number of aromatic amines is 2. The Morgan fingerprint density at radius 1 is 1.10 bits per heavy atom. The average molecular weight is 523 g/mol. The van der Waals surface area contributed by atoms with E-state index in [4.69, 9.17) is 4.98 Å². The van der Waals surface area contributed by atoms with Gasteiger partial charge in [0.1, 0.15) is 5.69 Å². The number of piperazine rings is 1. The summed E-state index contributed by atoms with van der Waals surface area (Å²) in [4.78, 5) is 30.5. The minimum atomic E-state index is -0.121. The van der Waals surface area contributed by atoms with Crippen LogP contribution in [0.25, 0.3) is 39.6 Å². The lowest BCUT2D eigenvalue weighted by atomic mass is 9.85. The van der Waals surface area contributed by atoms with E-state index in [-0.39, 0.29) is 17.4 Å². The molecule has 4 heterocycles. The molecular formula is C30H34N8O. The maximum atomic E-state index is 12.5. The number of imidazole rings is 1. The zero-order valence-electron chi connectivity index (χ0n) is 22.5. The summed E-state index contributed by atoms with van der Waals surface area (Å²) in [5.41, 5.74) is 6.46. The summed E-state index contributed by atoms with van der Waals surface area (Å²) in [6.07, 6.45) is 11.9. The van der Waals surface area contributed by atoms with Gasteiger partial charge in [0.05, 0.1) is 34.3 Å². The third-order valence-corrected chi connectivity index (χ3v) is 8.86. The summed E-state index contributed by atoms with van der Waals surface area (Å²) in [7, 11) is 2.19. The molecule has 1 aromatic carbocycles. The maximum absolute atomic E-state index is 12.5. The predicted molar refractivity (Wildman–Crippen MR) is 153 cm³/mol. The van der Waals surface area contributed by atoms with Gasteiger partial charge >= 0.3 is 0 Å². The first-order valence-electron chi connectivity index (χ1n) is 13.9. The van der Waals surface area contributed by atoms with Crippen LogP contribution < -0.4 is 5.32 Å². The molecule has 4 aromatic rings. The van der Waals surface area contributed by atoms with E-state index < -0.39 is 0 Å². The monoisotopic (exact) mass is 522 g/mol. The molecule has 0 radical (unpaired) electrons. The van der Waals surface area contributed by atoms with Gasteiger partial charge in [-0.25, -0.2) is 4.98 Å². The fourth-order valence-corrected chi connectivity index (χ4v) is 6.07. The third kappa shape index (κ3) is 4.26. The van der Waals surface area contributed by atoms with E-state index >= 15 is 0 Å². The summed E-state index contributed by atoms with van der Waals surface area (Å²) in [5.74, 6) is 0.993. The number of fused-ring (bicyclic) bond motifs is 2. The molecule has 200 valence electrons. The van der Waals surface area contributed by atoms with E-state index in [1.165, 1.54) is 0 Å². The van der Waals surface area contributed by atoms with Crippen LogP contribution in [0.15, 0.2) is 42.7 Å². The zero-order valence-corrected chi connectivity index (χ0v) is 22.5. The van der Waals surface area contributed by atoms with Crippen molar-refractivity contribution in [3.63, 3.8) is 0 Å². The van der Waals surface area contributed by atoms with Crippen LogP contribution in [0.3, 0.4) is 0 Å². The van der Waals surface area contributed by atoms with Gasteiger partial charge in [-0.1, -0.05) is 18.6 Å². The Hall–Kier alpha value is -3.82. The van der Waals surface area contributed by atoms with Crippen LogP contribution in [0.4, 0.5) is 5.69 Å². The minimum absolute atomic E-state index is 0.0900. The standard InChI is InChI=1S/C30H34N8O/c1-30(38-13-11-37(2)12-14-38)10-4-7-25-27(30)34-28(33-25)26-23-16-20(8-9-24(23)35-36-26)21-15-22(18-31-17-21)32-29(39)19-5-3-6-19/h4,7-9,15-19H,3,5-6,10-14H2,1-2H3,(H,32,39)(H,33,34)(H,35,36). The van der Waals surface area contributed by atoms with E-state index in [1.807, 2.05) is 18.3 Å². The molecule has 3 N–H and O–H groups in total. The van der Waals surface area contributed by atoms with Crippen molar-refractivity contribution in [3.8, 4) is 22.6 Å². The highest BCUT2D eigenvalue weighted by Gasteiger charge is 2.39. The highest BCUT2D eigenvalue weighted by Crippen LogP contribution is 2.40. The molecule has 1 unspecified atom stereocenters. The number of anilines is 1. The van der Waals surface area contributed by atoms with Crippen molar-refractivity contribution in [2.24, 2.45) is 5.92 Å². The molecule has 1 amide bonds. The number of nitrogens with zero attached hydrogens (tertiary/aromatic N) is 5. The Morgan fingerprint density at radius 2 is 1.95 bits per heavy atom. The smallest absolute Gasteiger partial charge is 0.227 e. The second kappa shape index (κ2) is 9.43. The van der Waals surface area contributed by atoms with E-state index in [0.29, 0.717) is 0 Å². The molecule has 1 saturated heterocycles. The fourth-order valence-electron chi connectivity index (χ4n) is 6.07. The number of pyridine rings is 1. The van der Waals surface area contributed by atoms with Crippen LogP contribution in [-0.4, -0.2) is 74.1 Å². The number of H-pyrrole nitrogens is 2. The summed E-state index contributed by atoms with van der Waals surface area (Å²) in [5, 5.41) is 11.9. The van der Waals surface area contributed by atoms with Gasteiger partial charge < -0.3 is 15.2 Å². The quantitative estimate of drug-likeness (QED) is 0.353. The average Bonchev–Trinajstić information content (AvgIpc) is 3.53. The van der Waals surface area contributed by atoms with Crippen LogP contribution in [0, 0.1) is 5.92 Å². The number of benzene rings is 1. The SMILES string of the molecule is CN1CCN(C2(C)CC=Cc3nc(-c4n[nH]c5ccc(-c6cncc(NC(=O)C7CCC7)c6)cc45)[nH]c32)CC1. The minimum Gasteiger partial charge on any atom is -0.338 e. The third-order valence-electron chi connectivity index (χ3n) is 8.86. The molecule has 9 nitrogen and oxygen atoms in total. The van der Waals surface area contributed by atoms with E-state index in [2.05, 4.69) is 73.5 Å². The topological polar surface area (TPSA) is 106 Å².